The number of carbonyl (C=O) groups is 1. The van der Waals surface area contributed by atoms with Gasteiger partial charge in [0.2, 0.25) is 0 Å². The van der Waals surface area contributed by atoms with Crippen molar-refractivity contribution in [2.45, 2.75) is 32.1 Å². The lowest BCUT2D eigenvalue weighted by atomic mass is 10.1. The van der Waals surface area contributed by atoms with Gasteiger partial charge < -0.3 is 18.6 Å². The van der Waals surface area contributed by atoms with E-state index in [2.05, 4.69) is 15.9 Å². The quantitative estimate of drug-likeness (QED) is 0.296. The van der Waals surface area contributed by atoms with Gasteiger partial charge in [-0.15, -0.1) is 0 Å². The Balaban J connectivity index is 1.48. The molecule has 6 nitrogen and oxygen atoms in total. The highest BCUT2D eigenvalue weighted by molar-refractivity contribution is 9.10. The largest absolute Gasteiger partial charge is 0.493 e. The van der Waals surface area contributed by atoms with E-state index in [4.69, 9.17) is 18.6 Å². The molecule has 1 heterocycles. The fourth-order valence-electron chi connectivity index (χ4n) is 3.83. The molecule has 0 radical (unpaired) electrons. The standard InChI is InChI=1S/C23H21BrO6/c1-27-20-10-13(18(24)12-21(20)28-2)6-9-22(25)29-14-7-8-16-15-4-3-5-17(15)23(26)30-19(16)11-14/h7-8,10-12H,3-6,9H2,1-2H3. The molecule has 3 aromatic rings. The van der Waals surface area contributed by atoms with E-state index in [1.807, 2.05) is 18.2 Å². The summed E-state index contributed by atoms with van der Waals surface area (Å²) < 4.78 is 22.3. The summed E-state index contributed by atoms with van der Waals surface area (Å²) in [6.07, 6.45) is 3.24. The Morgan fingerprint density at radius 1 is 1.07 bits per heavy atom. The van der Waals surface area contributed by atoms with E-state index >= 15 is 0 Å². The van der Waals surface area contributed by atoms with Crippen molar-refractivity contribution in [3.63, 3.8) is 0 Å². The van der Waals surface area contributed by atoms with Gasteiger partial charge in [0.15, 0.2) is 11.5 Å². The molecule has 0 aliphatic heterocycles. The number of esters is 1. The summed E-state index contributed by atoms with van der Waals surface area (Å²) in [5, 5.41) is 0.913. The topological polar surface area (TPSA) is 75.0 Å². The molecule has 1 aromatic heterocycles. The molecule has 30 heavy (non-hydrogen) atoms. The molecular weight excluding hydrogens is 452 g/mol. The molecule has 0 saturated heterocycles. The van der Waals surface area contributed by atoms with Crippen LogP contribution in [-0.4, -0.2) is 20.2 Å². The molecule has 4 rings (SSSR count). The second-order valence-corrected chi connectivity index (χ2v) is 7.99. The molecular formula is C23H21BrO6. The highest BCUT2D eigenvalue weighted by atomic mass is 79.9. The fourth-order valence-corrected chi connectivity index (χ4v) is 4.36. The predicted molar refractivity (Wildman–Crippen MR) is 116 cm³/mol. The van der Waals surface area contributed by atoms with Crippen molar-refractivity contribution >= 4 is 32.9 Å². The number of hydrogen-bond acceptors (Lipinski definition) is 6. The Morgan fingerprint density at radius 3 is 2.57 bits per heavy atom. The van der Waals surface area contributed by atoms with Gasteiger partial charge in [0.1, 0.15) is 11.3 Å². The second-order valence-electron chi connectivity index (χ2n) is 7.13. The number of ether oxygens (including phenoxy) is 3. The van der Waals surface area contributed by atoms with Crippen LogP contribution >= 0.6 is 15.9 Å². The van der Waals surface area contributed by atoms with Crippen LogP contribution in [0, 0.1) is 0 Å². The lowest BCUT2D eigenvalue weighted by molar-refractivity contribution is -0.134. The van der Waals surface area contributed by atoms with Gasteiger partial charge in [-0.2, -0.15) is 0 Å². The van der Waals surface area contributed by atoms with E-state index in [-0.39, 0.29) is 18.0 Å². The van der Waals surface area contributed by atoms with Gasteiger partial charge in [-0.3, -0.25) is 4.79 Å². The van der Waals surface area contributed by atoms with Crippen molar-refractivity contribution in [1.82, 2.24) is 0 Å². The zero-order chi connectivity index (χ0) is 21.3. The zero-order valence-corrected chi connectivity index (χ0v) is 18.3. The lowest BCUT2D eigenvalue weighted by Crippen LogP contribution is -2.10. The maximum absolute atomic E-state index is 12.4. The van der Waals surface area contributed by atoms with Crippen molar-refractivity contribution in [1.29, 1.82) is 0 Å². The molecule has 156 valence electrons. The number of rotatable bonds is 6. The smallest absolute Gasteiger partial charge is 0.339 e. The van der Waals surface area contributed by atoms with E-state index < -0.39 is 0 Å². The van der Waals surface area contributed by atoms with Gasteiger partial charge in [-0.25, -0.2) is 4.79 Å². The molecule has 1 aliphatic rings. The van der Waals surface area contributed by atoms with Gasteiger partial charge in [0.05, 0.1) is 20.6 Å². The minimum absolute atomic E-state index is 0.181. The van der Waals surface area contributed by atoms with Crippen LogP contribution in [0.2, 0.25) is 0 Å². The SMILES string of the molecule is COc1cc(Br)c(CCC(=O)Oc2ccc3c4c(c(=O)oc3c2)CCC4)cc1OC. The fraction of sp³-hybridized carbons (Fsp3) is 0.304. The monoisotopic (exact) mass is 472 g/mol. The van der Waals surface area contributed by atoms with Crippen LogP contribution in [-0.2, 0) is 24.1 Å². The predicted octanol–water partition coefficient (Wildman–Crippen LogP) is 4.60. The number of methoxy groups -OCH3 is 2. The Morgan fingerprint density at radius 2 is 1.80 bits per heavy atom. The zero-order valence-electron chi connectivity index (χ0n) is 16.7. The average Bonchev–Trinajstić information content (AvgIpc) is 3.23. The molecule has 0 atom stereocenters. The van der Waals surface area contributed by atoms with Crippen molar-refractivity contribution < 1.29 is 23.4 Å². The van der Waals surface area contributed by atoms with Crippen LogP contribution in [0.1, 0.15) is 29.5 Å². The first-order valence-corrected chi connectivity index (χ1v) is 10.5. The van der Waals surface area contributed by atoms with Crippen molar-refractivity contribution in [3.8, 4) is 17.2 Å². The van der Waals surface area contributed by atoms with Gasteiger partial charge in [-0.05, 0) is 61.1 Å². The van der Waals surface area contributed by atoms with Crippen LogP contribution in [0.4, 0.5) is 0 Å². The number of hydrogen-bond donors (Lipinski definition) is 0. The van der Waals surface area contributed by atoms with Gasteiger partial charge >= 0.3 is 11.6 Å². The number of halogens is 1. The van der Waals surface area contributed by atoms with Crippen LogP contribution < -0.4 is 19.8 Å². The van der Waals surface area contributed by atoms with Gasteiger partial charge in [-0.1, -0.05) is 15.9 Å². The number of carbonyl (C=O) groups excluding carboxylic acids is 1. The van der Waals surface area contributed by atoms with E-state index in [1.54, 1.807) is 26.4 Å². The molecule has 7 heteroatoms. The molecule has 1 aliphatic carbocycles. The lowest BCUT2D eigenvalue weighted by Gasteiger charge is -2.12. The molecule has 0 N–H and O–H groups in total. The Bertz CT molecular complexity index is 1180. The van der Waals surface area contributed by atoms with E-state index in [0.29, 0.717) is 29.3 Å². The average molecular weight is 473 g/mol. The molecule has 0 saturated carbocycles. The third kappa shape index (κ3) is 3.94. The third-order valence-corrected chi connectivity index (χ3v) is 6.07. The van der Waals surface area contributed by atoms with Crippen LogP contribution in [0.3, 0.4) is 0 Å². The summed E-state index contributed by atoms with van der Waals surface area (Å²) in [6.45, 7) is 0. The van der Waals surface area contributed by atoms with E-state index in [0.717, 1.165) is 45.8 Å². The first-order chi connectivity index (χ1) is 14.5. The summed E-state index contributed by atoms with van der Waals surface area (Å²) in [5.74, 6) is 1.19. The van der Waals surface area contributed by atoms with Crippen molar-refractivity contribution in [3.05, 3.63) is 61.9 Å². The second kappa shape index (κ2) is 8.52. The summed E-state index contributed by atoms with van der Waals surface area (Å²) in [4.78, 5) is 24.5. The Kier molecular flexibility index (Phi) is 5.81. The van der Waals surface area contributed by atoms with Gasteiger partial charge in [0, 0.05) is 21.5 Å². The van der Waals surface area contributed by atoms with Crippen LogP contribution in [0.15, 0.2) is 44.0 Å². The Hall–Kier alpha value is -2.80. The maximum Gasteiger partial charge on any atom is 0.339 e. The van der Waals surface area contributed by atoms with Crippen LogP contribution in [0.5, 0.6) is 17.2 Å². The summed E-state index contributed by atoms with van der Waals surface area (Å²) >= 11 is 3.50. The molecule has 0 bridgehead atoms. The minimum Gasteiger partial charge on any atom is -0.493 e. The highest BCUT2D eigenvalue weighted by Crippen LogP contribution is 2.34. The van der Waals surface area contributed by atoms with Crippen LogP contribution in [0.25, 0.3) is 11.0 Å². The Labute approximate surface area is 181 Å². The third-order valence-electron chi connectivity index (χ3n) is 5.33. The maximum atomic E-state index is 12.4. The number of benzene rings is 2. The molecule has 2 aromatic carbocycles. The first kappa shape index (κ1) is 20.5. The number of aryl methyl sites for hydroxylation is 2. The molecule has 0 spiro atoms. The summed E-state index contributed by atoms with van der Waals surface area (Å²) in [7, 11) is 3.14. The van der Waals surface area contributed by atoms with E-state index in [1.165, 1.54) is 0 Å². The first-order valence-electron chi connectivity index (χ1n) is 9.70. The summed E-state index contributed by atoms with van der Waals surface area (Å²) in [6, 6.07) is 8.85. The molecule has 0 unspecified atom stereocenters. The minimum atomic E-state index is -0.375. The summed E-state index contributed by atoms with van der Waals surface area (Å²) in [5.41, 5.74) is 2.89. The normalized spacial score (nSPS) is 12.6. The van der Waals surface area contributed by atoms with Gasteiger partial charge in [0.25, 0.3) is 0 Å². The van der Waals surface area contributed by atoms with Crippen molar-refractivity contribution in [2.24, 2.45) is 0 Å². The molecule has 0 fully saturated rings. The number of fused-ring (bicyclic) bond motifs is 3. The van der Waals surface area contributed by atoms with E-state index in [9.17, 15) is 9.59 Å². The highest BCUT2D eigenvalue weighted by Gasteiger charge is 2.20. The van der Waals surface area contributed by atoms with Crippen molar-refractivity contribution in [2.75, 3.05) is 14.2 Å². The molecule has 0 amide bonds.